The van der Waals surface area contributed by atoms with Crippen LogP contribution in [0.4, 0.5) is 0 Å². The summed E-state index contributed by atoms with van der Waals surface area (Å²) in [5, 5.41) is 0.539. The van der Waals surface area contributed by atoms with Gasteiger partial charge in [0.05, 0.1) is 6.10 Å². The van der Waals surface area contributed by atoms with Crippen molar-refractivity contribution in [2.24, 2.45) is 0 Å². The third-order valence-corrected chi connectivity index (χ3v) is 3.15. The second kappa shape index (κ2) is 8.68. The summed E-state index contributed by atoms with van der Waals surface area (Å²) in [5.41, 5.74) is 0. The molecule has 0 saturated carbocycles. The van der Waals surface area contributed by atoms with Crippen LogP contribution in [0.5, 0.6) is 0 Å². The zero-order valence-corrected chi connectivity index (χ0v) is 12.2. The third-order valence-electron chi connectivity index (χ3n) is 3.15. The van der Waals surface area contributed by atoms with Crippen molar-refractivity contribution in [3.05, 3.63) is 0 Å². The Labute approximate surface area is 119 Å². The molecular weight excluding hydrogens is 262 g/mol. The van der Waals surface area contributed by atoms with E-state index in [9.17, 15) is 14.4 Å². The lowest BCUT2D eigenvalue weighted by molar-refractivity contribution is -0.201. The molecule has 1 saturated heterocycles. The van der Waals surface area contributed by atoms with Crippen LogP contribution < -0.4 is 0 Å². The molecule has 1 atom stereocenters. The smallest absolute Gasteiger partial charge is 0.358 e. The van der Waals surface area contributed by atoms with Crippen molar-refractivity contribution in [2.45, 2.75) is 64.9 Å². The lowest BCUT2D eigenvalue weighted by atomic mass is 10.1. The van der Waals surface area contributed by atoms with Gasteiger partial charge in [-0.05, 0) is 13.3 Å². The van der Waals surface area contributed by atoms with Gasteiger partial charge < -0.3 is 9.57 Å². The SMILES string of the molecule is CCCCCCC(C)OCC(=O)ON1C(=O)CCC1=O. The van der Waals surface area contributed by atoms with E-state index in [1.54, 1.807) is 0 Å². The zero-order chi connectivity index (χ0) is 15.0. The van der Waals surface area contributed by atoms with Crippen molar-refractivity contribution in [1.29, 1.82) is 0 Å². The maximum Gasteiger partial charge on any atom is 0.358 e. The minimum atomic E-state index is -0.714. The Morgan fingerprint density at radius 1 is 1.20 bits per heavy atom. The van der Waals surface area contributed by atoms with E-state index in [-0.39, 0.29) is 25.6 Å². The molecule has 6 nitrogen and oxygen atoms in total. The van der Waals surface area contributed by atoms with E-state index in [4.69, 9.17) is 9.57 Å². The molecule has 1 aliphatic rings. The van der Waals surface area contributed by atoms with Crippen molar-refractivity contribution in [1.82, 2.24) is 5.06 Å². The molecule has 0 aliphatic carbocycles. The fourth-order valence-corrected chi connectivity index (χ4v) is 1.94. The molecule has 20 heavy (non-hydrogen) atoms. The van der Waals surface area contributed by atoms with E-state index in [1.807, 2.05) is 6.92 Å². The molecule has 1 unspecified atom stereocenters. The molecule has 0 aromatic rings. The summed E-state index contributed by atoms with van der Waals surface area (Å²) < 4.78 is 5.34. The van der Waals surface area contributed by atoms with Crippen LogP contribution in [-0.4, -0.2) is 35.6 Å². The average molecular weight is 285 g/mol. The zero-order valence-electron chi connectivity index (χ0n) is 12.2. The van der Waals surface area contributed by atoms with Gasteiger partial charge in [-0.1, -0.05) is 32.6 Å². The third kappa shape index (κ3) is 5.69. The molecule has 1 aliphatic heterocycles. The van der Waals surface area contributed by atoms with Crippen molar-refractivity contribution in [2.75, 3.05) is 6.61 Å². The van der Waals surface area contributed by atoms with Gasteiger partial charge >= 0.3 is 5.97 Å². The number of carbonyl (C=O) groups is 3. The van der Waals surface area contributed by atoms with Crippen LogP contribution in [-0.2, 0) is 24.0 Å². The first-order chi connectivity index (χ1) is 9.54. The number of hydrogen-bond donors (Lipinski definition) is 0. The van der Waals surface area contributed by atoms with Gasteiger partial charge in [0.25, 0.3) is 11.8 Å². The molecule has 0 radical (unpaired) electrons. The second-order valence-corrected chi connectivity index (χ2v) is 5.02. The van der Waals surface area contributed by atoms with Crippen LogP contribution in [0.3, 0.4) is 0 Å². The number of carbonyl (C=O) groups excluding carboxylic acids is 3. The van der Waals surface area contributed by atoms with Crippen molar-refractivity contribution < 1.29 is 24.0 Å². The highest BCUT2D eigenvalue weighted by Crippen LogP contribution is 2.12. The maximum atomic E-state index is 11.5. The lowest BCUT2D eigenvalue weighted by Gasteiger charge is -2.15. The summed E-state index contributed by atoms with van der Waals surface area (Å²) in [5.74, 6) is -1.67. The number of unbranched alkanes of at least 4 members (excludes halogenated alkanes) is 3. The molecule has 0 spiro atoms. The molecule has 1 rings (SSSR count). The van der Waals surface area contributed by atoms with Gasteiger partial charge in [-0.2, -0.15) is 0 Å². The van der Waals surface area contributed by atoms with E-state index < -0.39 is 17.8 Å². The predicted octanol–water partition coefficient (Wildman–Crippen LogP) is 1.97. The van der Waals surface area contributed by atoms with Gasteiger partial charge in [0.15, 0.2) is 0 Å². The van der Waals surface area contributed by atoms with E-state index in [2.05, 4.69) is 6.92 Å². The number of imide groups is 1. The minimum absolute atomic E-state index is 0.0376. The number of hydroxylamine groups is 2. The topological polar surface area (TPSA) is 72.9 Å². The molecule has 0 aromatic heterocycles. The van der Waals surface area contributed by atoms with Crippen LogP contribution in [0.25, 0.3) is 0 Å². The Morgan fingerprint density at radius 2 is 1.85 bits per heavy atom. The van der Waals surface area contributed by atoms with Crippen molar-refractivity contribution in [3.63, 3.8) is 0 Å². The van der Waals surface area contributed by atoms with Gasteiger partial charge in [-0.15, -0.1) is 5.06 Å². The van der Waals surface area contributed by atoms with Gasteiger partial charge in [0.1, 0.15) is 6.61 Å². The Bertz CT molecular complexity index is 339. The fraction of sp³-hybridized carbons (Fsp3) is 0.786. The molecule has 2 amide bonds. The Kier molecular flexibility index (Phi) is 7.22. The highest BCUT2D eigenvalue weighted by atomic mass is 16.7. The maximum absolute atomic E-state index is 11.5. The quantitative estimate of drug-likeness (QED) is 0.478. The molecule has 6 heteroatoms. The molecule has 1 heterocycles. The van der Waals surface area contributed by atoms with E-state index >= 15 is 0 Å². The van der Waals surface area contributed by atoms with E-state index in [0.717, 1.165) is 19.3 Å². The molecule has 0 N–H and O–H groups in total. The minimum Gasteiger partial charge on any atom is -0.367 e. The first-order valence-corrected chi connectivity index (χ1v) is 7.22. The Balaban J connectivity index is 2.16. The molecule has 0 bridgehead atoms. The summed E-state index contributed by atoms with van der Waals surface area (Å²) in [6.07, 6.45) is 5.65. The Morgan fingerprint density at radius 3 is 2.45 bits per heavy atom. The number of hydrogen-bond acceptors (Lipinski definition) is 5. The summed E-state index contributed by atoms with van der Waals surface area (Å²) in [4.78, 5) is 38.7. The lowest BCUT2D eigenvalue weighted by Crippen LogP contribution is -2.34. The van der Waals surface area contributed by atoms with Crippen molar-refractivity contribution in [3.8, 4) is 0 Å². The largest absolute Gasteiger partial charge is 0.367 e. The molecule has 114 valence electrons. The number of nitrogens with zero attached hydrogens (tertiary/aromatic N) is 1. The summed E-state index contributed by atoms with van der Waals surface area (Å²) in [6.45, 7) is 3.80. The average Bonchev–Trinajstić information content (AvgIpc) is 2.73. The number of rotatable bonds is 9. The second-order valence-electron chi connectivity index (χ2n) is 5.02. The van der Waals surface area contributed by atoms with Crippen LogP contribution >= 0.6 is 0 Å². The molecule has 1 fully saturated rings. The highest BCUT2D eigenvalue weighted by Gasteiger charge is 2.32. The highest BCUT2D eigenvalue weighted by molar-refractivity contribution is 6.01. The van der Waals surface area contributed by atoms with Crippen molar-refractivity contribution >= 4 is 17.8 Å². The first kappa shape index (κ1) is 16.6. The van der Waals surface area contributed by atoms with Gasteiger partial charge in [-0.3, -0.25) is 9.59 Å². The molecule has 0 aromatic carbocycles. The summed E-state index contributed by atoms with van der Waals surface area (Å²) in [7, 11) is 0. The normalized spacial score (nSPS) is 16.6. The number of amides is 2. The Hall–Kier alpha value is -1.43. The first-order valence-electron chi connectivity index (χ1n) is 7.22. The summed E-state index contributed by atoms with van der Waals surface area (Å²) in [6, 6.07) is 0. The van der Waals surface area contributed by atoms with Gasteiger partial charge in [0.2, 0.25) is 0 Å². The standard InChI is InChI=1S/C14H23NO5/c1-3-4-5-6-7-11(2)19-10-14(18)20-15-12(16)8-9-13(15)17/h11H,3-10H2,1-2H3. The van der Waals surface area contributed by atoms with E-state index in [1.165, 1.54) is 12.8 Å². The monoisotopic (exact) mass is 285 g/mol. The van der Waals surface area contributed by atoms with Crippen LogP contribution in [0.15, 0.2) is 0 Å². The summed E-state index contributed by atoms with van der Waals surface area (Å²) >= 11 is 0. The van der Waals surface area contributed by atoms with Crippen LogP contribution in [0, 0.1) is 0 Å². The predicted molar refractivity (Wildman–Crippen MR) is 71.4 cm³/mol. The van der Waals surface area contributed by atoms with E-state index in [0.29, 0.717) is 5.06 Å². The van der Waals surface area contributed by atoms with Gasteiger partial charge in [-0.25, -0.2) is 4.79 Å². The molecular formula is C14H23NO5. The fourth-order valence-electron chi connectivity index (χ4n) is 1.94. The van der Waals surface area contributed by atoms with Gasteiger partial charge in [0, 0.05) is 12.8 Å². The van der Waals surface area contributed by atoms with Crippen LogP contribution in [0.2, 0.25) is 0 Å². The number of ether oxygens (including phenoxy) is 1. The van der Waals surface area contributed by atoms with Crippen LogP contribution in [0.1, 0.15) is 58.8 Å².